The number of amides is 2. The average molecular weight is 465 g/mol. The van der Waals surface area contributed by atoms with Gasteiger partial charge >= 0.3 is 0 Å². The van der Waals surface area contributed by atoms with Gasteiger partial charge in [-0.1, -0.05) is 20.8 Å². The van der Waals surface area contributed by atoms with Crippen LogP contribution in [0.15, 0.2) is 42.7 Å². The first-order valence-corrected chi connectivity index (χ1v) is 12.2. The van der Waals surface area contributed by atoms with E-state index in [1.807, 2.05) is 54.7 Å². The zero-order valence-electron chi connectivity index (χ0n) is 20.7. The summed E-state index contributed by atoms with van der Waals surface area (Å²) in [5, 5.41) is 3.16. The van der Waals surface area contributed by atoms with E-state index in [4.69, 9.17) is 4.74 Å². The molecule has 1 unspecified atom stereocenters. The van der Waals surface area contributed by atoms with Crippen molar-refractivity contribution in [2.24, 2.45) is 5.41 Å². The van der Waals surface area contributed by atoms with Crippen LogP contribution in [0.1, 0.15) is 68.4 Å². The van der Waals surface area contributed by atoms with E-state index in [1.165, 1.54) is 5.69 Å². The Balaban J connectivity index is 1.42. The monoisotopic (exact) mass is 464 g/mol. The third-order valence-electron chi connectivity index (χ3n) is 6.68. The minimum absolute atomic E-state index is 0.00972. The maximum Gasteiger partial charge on any atom is 0.253 e. The summed E-state index contributed by atoms with van der Waals surface area (Å²) in [6, 6.07) is 9.72. The maximum atomic E-state index is 13.4. The Bertz CT molecular complexity index is 1010. The molecule has 1 atom stereocenters. The number of hydrogen-bond donors (Lipinski definition) is 1. The summed E-state index contributed by atoms with van der Waals surface area (Å²) in [6.07, 6.45) is 6.63. The van der Waals surface area contributed by atoms with Crippen LogP contribution in [0, 0.1) is 5.41 Å². The van der Waals surface area contributed by atoms with Gasteiger partial charge in [0.15, 0.2) is 0 Å². The van der Waals surface area contributed by atoms with E-state index in [0.29, 0.717) is 25.0 Å². The molecule has 1 aromatic carbocycles. The highest BCUT2D eigenvalue weighted by Gasteiger charge is 2.29. The average Bonchev–Trinajstić information content (AvgIpc) is 2.82. The molecule has 34 heavy (non-hydrogen) atoms. The molecule has 2 aliphatic rings. The molecule has 0 saturated carbocycles. The fraction of sp³-hybridized carbons (Fsp3) is 0.519. The molecule has 4 rings (SSSR count). The number of anilines is 1. The molecule has 0 bridgehead atoms. The molecule has 2 aromatic rings. The Morgan fingerprint density at radius 3 is 2.50 bits per heavy atom. The van der Waals surface area contributed by atoms with E-state index in [2.05, 4.69) is 36.0 Å². The zero-order chi connectivity index (χ0) is 24.3. The quantitative estimate of drug-likeness (QED) is 0.718. The van der Waals surface area contributed by atoms with Crippen LogP contribution in [-0.2, 0) is 4.79 Å². The normalized spacial score (nSPS) is 18.6. The lowest BCUT2D eigenvalue weighted by atomic mass is 9.91. The molecule has 1 N–H and O–H groups in total. The molecule has 182 valence electrons. The lowest BCUT2D eigenvalue weighted by Gasteiger charge is -2.38. The number of rotatable bonds is 5. The molecule has 0 spiro atoms. The van der Waals surface area contributed by atoms with Crippen molar-refractivity contribution in [2.45, 2.75) is 58.5 Å². The van der Waals surface area contributed by atoms with Crippen LogP contribution in [-0.4, -0.2) is 54.5 Å². The molecule has 3 heterocycles. The van der Waals surface area contributed by atoms with Gasteiger partial charge in [-0.2, -0.15) is 0 Å². The number of aromatic nitrogens is 1. The number of carbonyl (C=O) groups excluding carboxylic acids is 2. The fourth-order valence-electron chi connectivity index (χ4n) is 4.84. The van der Waals surface area contributed by atoms with Gasteiger partial charge in [-0.05, 0) is 48.6 Å². The van der Waals surface area contributed by atoms with Gasteiger partial charge in [0.25, 0.3) is 5.91 Å². The van der Waals surface area contributed by atoms with Crippen LogP contribution < -0.4 is 15.0 Å². The van der Waals surface area contributed by atoms with Crippen LogP contribution in [0.5, 0.6) is 5.75 Å². The number of benzene rings is 1. The third kappa shape index (κ3) is 5.69. The van der Waals surface area contributed by atoms with Gasteiger partial charge in [0.2, 0.25) is 5.91 Å². The fourth-order valence-corrected chi connectivity index (χ4v) is 4.84. The number of ether oxygens (including phenoxy) is 1. The standard InChI is InChI=1S/C27H36N4O3/c1-27(2,3)18-25(32)29-23-11-16-34-24-6-5-19(17-22(23)24)26(33)30(4)20-9-14-31(15-10-20)21-7-12-28-13-8-21/h5-8,12-13,17,20,23H,9-11,14-16,18H2,1-4H3,(H,29,32). The molecular weight excluding hydrogens is 428 g/mol. The molecule has 0 aliphatic carbocycles. The van der Waals surface area contributed by atoms with Crippen molar-refractivity contribution in [1.29, 1.82) is 0 Å². The predicted octanol–water partition coefficient (Wildman–Crippen LogP) is 4.20. The van der Waals surface area contributed by atoms with E-state index < -0.39 is 0 Å². The summed E-state index contributed by atoms with van der Waals surface area (Å²) in [4.78, 5) is 34.3. The number of nitrogens with one attached hydrogen (secondary N) is 1. The van der Waals surface area contributed by atoms with Gasteiger partial charge in [-0.3, -0.25) is 14.6 Å². The first-order chi connectivity index (χ1) is 16.2. The third-order valence-corrected chi connectivity index (χ3v) is 6.68. The lowest BCUT2D eigenvalue weighted by molar-refractivity contribution is -0.123. The topological polar surface area (TPSA) is 74.8 Å². The van der Waals surface area contributed by atoms with Crippen molar-refractivity contribution in [3.63, 3.8) is 0 Å². The SMILES string of the molecule is CN(C(=O)c1ccc2c(c1)C(NC(=O)CC(C)(C)C)CCO2)C1CCN(c2ccncc2)CC1. The minimum Gasteiger partial charge on any atom is -0.493 e. The van der Waals surface area contributed by atoms with Gasteiger partial charge in [-0.25, -0.2) is 0 Å². The number of hydrogen-bond acceptors (Lipinski definition) is 5. The van der Waals surface area contributed by atoms with Gasteiger partial charge in [0, 0.05) is 68.2 Å². The van der Waals surface area contributed by atoms with Gasteiger partial charge in [0.1, 0.15) is 5.75 Å². The Labute approximate surface area is 202 Å². The highest BCUT2D eigenvalue weighted by atomic mass is 16.5. The first-order valence-electron chi connectivity index (χ1n) is 12.2. The lowest BCUT2D eigenvalue weighted by Crippen LogP contribution is -2.45. The van der Waals surface area contributed by atoms with E-state index in [1.54, 1.807) is 0 Å². The number of carbonyl (C=O) groups is 2. The van der Waals surface area contributed by atoms with E-state index >= 15 is 0 Å². The van der Waals surface area contributed by atoms with Crippen LogP contribution in [0.2, 0.25) is 0 Å². The van der Waals surface area contributed by atoms with Crippen molar-refractivity contribution in [2.75, 3.05) is 31.6 Å². The summed E-state index contributed by atoms with van der Waals surface area (Å²) in [7, 11) is 1.90. The summed E-state index contributed by atoms with van der Waals surface area (Å²) in [5.74, 6) is 0.785. The Hall–Kier alpha value is -3.09. The zero-order valence-corrected chi connectivity index (χ0v) is 20.7. The second-order valence-corrected chi connectivity index (χ2v) is 10.6. The van der Waals surface area contributed by atoms with Crippen LogP contribution in [0.3, 0.4) is 0 Å². The van der Waals surface area contributed by atoms with Crippen molar-refractivity contribution in [3.05, 3.63) is 53.9 Å². The largest absolute Gasteiger partial charge is 0.493 e. The van der Waals surface area contributed by atoms with E-state index in [9.17, 15) is 9.59 Å². The van der Waals surface area contributed by atoms with Gasteiger partial charge in [-0.15, -0.1) is 0 Å². The second-order valence-electron chi connectivity index (χ2n) is 10.6. The van der Waals surface area contributed by atoms with Gasteiger partial charge in [0.05, 0.1) is 12.6 Å². The van der Waals surface area contributed by atoms with E-state index in [-0.39, 0.29) is 29.3 Å². The summed E-state index contributed by atoms with van der Waals surface area (Å²) < 4.78 is 5.82. The first kappa shape index (κ1) is 24.0. The van der Waals surface area contributed by atoms with Crippen molar-refractivity contribution in [1.82, 2.24) is 15.2 Å². The number of pyridine rings is 1. The van der Waals surface area contributed by atoms with Crippen LogP contribution in [0.4, 0.5) is 5.69 Å². The van der Waals surface area contributed by atoms with E-state index in [0.717, 1.165) is 37.2 Å². The Kier molecular flexibility index (Phi) is 7.10. The summed E-state index contributed by atoms with van der Waals surface area (Å²) in [5.41, 5.74) is 2.63. The number of piperidine rings is 1. The predicted molar refractivity (Wildman–Crippen MR) is 133 cm³/mol. The Morgan fingerprint density at radius 2 is 1.82 bits per heavy atom. The maximum absolute atomic E-state index is 13.4. The Morgan fingerprint density at radius 1 is 1.12 bits per heavy atom. The summed E-state index contributed by atoms with van der Waals surface area (Å²) >= 11 is 0. The molecule has 1 aromatic heterocycles. The molecule has 1 saturated heterocycles. The number of nitrogens with zero attached hydrogens (tertiary/aromatic N) is 3. The molecular formula is C27H36N4O3. The highest BCUT2D eigenvalue weighted by molar-refractivity contribution is 5.94. The van der Waals surface area contributed by atoms with Gasteiger partial charge < -0.3 is 19.9 Å². The smallest absolute Gasteiger partial charge is 0.253 e. The minimum atomic E-state index is -0.139. The molecule has 0 radical (unpaired) electrons. The highest BCUT2D eigenvalue weighted by Crippen LogP contribution is 2.34. The number of fused-ring (bicyclic) bond motifs is 1. The van der Waals surface area contributed by atoms with Crippen LogP contribution >= 0.6 is 0 Å². The van der Waals surface area contributed by atoms with Crippen LogP contribution in [0.25, 0.3) is 0 Å². The van der Waals surface area contributed by atoms with Crippen molar-refractivity contribution >= 4 is 17.5 Å². The molecule has 7 nitrogen and oxygen atoms in total. The molecule has 2 aliphatic heterocycles. The summed E-state index contributed by atoms with van der Waals surface area (Å²) in [6.45, 7) is 8.53. The molecule has 2 amide bonds. The van der Waals surface area contributed by atoms with Crippen molar-refractivity contribution in [3.8, 4) is 5.75 Å². The molecule has 7 heteroatoms. The molecule has 1 fully saturated rings. The second kappa shape index (κ2) is 10.0. The van der Waals surface area contributed by atoms with Crippen molar-refractivity contribution < 1.29 is 14.3 Å².